The van der Waals surface area contributed by atoms with Gasteiger partial charge < -0.3 is 9.11 Å². The zero-order valence-corrected chi connectivity index (χ0v) is 13.9. The van der Waals surface area contributed by atoms with Gasteiger partial charge in [-0.2, -0.15) is 0 Å². The molecule has 0 aliphatic carbocycles. The molecule has 0 aliphatic rings. The monoisotopic (exact) mass is 318 g/mol. The summed E-state index contributed by atoms with van der Waals surface area (Å²) in [6.07, 6.45) is 0. The zero-order chi connectivity index (χ0) is 16.8. The summed E-state index contributed by atoms with van der Waals surface area (Å²) in [7, 11) is -5.17. The molecule has 0 amide bonds. The average Bonchev–Trinajstić information content (AvgIpc) is 2.68. The van der Waals surface area contributed by atoms with Gasteiger partial charge in [0.25, 0.3) is 0 Å². The molecule has 2 aromatic heterocycles. The predicted molar refractivity (Wildman–Crippen MR) is 73.6 cm³/mol. The molecule has 0 bridgehead atoms. The maximum Gasteiger partial charge on any atom is 0.249 e. The molecular weight excluding hydrogens is 296 g/mol. The third-order valence-electron chi connectivity index (χ3n) is 2.62. The summed E-state index contributed by atoms with van der Waals surface area (Å²) < 4.78 is 34.1. The summed E-state index contributed by atoms with van der Waals surface area (Å²) in [5.41, 5.74) is 4.90. The molecule has 2 aromatic rings. The van der Waals surface area contributed by atoms with Crippen LogP contribution >= 0.6 is 0 Å². The van der Waals surface area contributed by atoms with E-state index in [0.717, 1.165) is 11.6 Å². The fourth-order valence-corrected chi connectivity index (χ4v) is 1.56. The highest BCUT2D eigenvalue weighted by Gasteiger charge is 2.02. The van der Waals surface area contributed by atoms with Gasteiger partial charge in [0, 0.05) is 51.9 Å². The Morgan fingerprint density at radius 1 is 0.762 bits per heavy atom. The quantitative estimate of drug-likeness (QED) is 0.527. The lowest BCUT2D eigenvalue weighted by molar-refractivity contribution is -0.395. The normalized spacial score (nSPS) is 10.3. The summed E-state index contributed by atoms with van der Waals surface area (Å²) in [4.78, 5) is 12.6. The van der Waals surface area contributed by atoms with Crippen molar-refractivity contribution in [3.05, 3.63) is 34.4 Å². The molecule has 120 valence electrons. The van der Waals surface area contributed by atoms with E-state index >= 15 is 0 Å². The maximum absolute atomic E-state index is 8.52. The smallest absolute Gasteiger partial charge is 0.249 e. The van der Waals surface area contributed by atoms with Crippen molar-refractivity contribution in [1.82, 2.24) is 9.97 Å². The SMILES string of the molecule is Cc1[nH]c(C)c(C)[nH+]1.Cc1[nH]c(C)c(C)[nH+]1.O=S(=O)([O-])[O-]. The molecule has 0 atom stereocenters. The molecule has 9 heteroatoms. The molecule has 0 aliphatic heterocycles. The second-order valence-corrected chi connectivity index (χ2v) is 5.47. The maximum atomic E-state index is 8.52. The number of imidazole rings is 2. The van der Waals surface area contributed by atoms with Crippen molar-refractivity contribution in [2.75, 3.05) is 0 Å². The standard InChI is InChI=1S/2C6H10N2.H2O4S/c2*1-4-5(2)8-6(3)7-4;1-5(2,3)4/h2*1-3H3,(H,7,8);(H2,1,2,3,4). The van der Waals surface area contributed by atoms with E-state index in [2.05, 4.69) is 47.6 Å². The molecule has 0 saturated carbocycles. The van der Waals surface area contributed by atoms with E-state index in [-0.39, 0.29) is 0 Å². The van der Waals surface area contributed by atoms with Crippen LogP contribution in [0.15, 0.2) is 0 Å². The number of rotatable bonds is 0. The fourth-order valence-electron chi connectivity index (χ4n) is 1.56. The summed E-state index contributed by atoms with van der Waals surface area (Å²) in [6.45, 7) is 12.2. The summed E-state index contributed by atoms with van der Waals surface area (Å²) >= 11 is 0. The van der Waals surface area contributed by atoms with Gasteiger partial charge in [0.15, 0.2) is 0 Å². The van der Waals surface area contributed by atoms with E-state index in [1.165, 1.54) is 22.8 Å². The molecule has 4 N–H and O–H groups in total. The van der Waals surface area contributed by atoms with Gasteiger partial charge in [-0.15, -0.1) is 0 Å². The lowest BCUT2D eigenvalue weighted by Crippen LogP contribution is -2.04. The highest BCUT2D eigenvalue weighted by atomic mass is 32.3. The number of hydrogen-bond donors (Lipinski definition) is 2. The van der Waals surface area contributed by atoms with Crippen LogP contribution in [0.5, 0.6) is 0 Å². The highest BCUT2D eigenvalue weighted by Crippen LogP contribution is 1.94. The molecule has 0 radical (unpaired) electrons. The Morgan fingerprint density at radius 3 is 1.05 bits per heavy atom. The second-order valence-electron chi connectivity index (χ2n) is 4.66. The van der Waals surface area contributed by atoms with E-state index in [9.17, 15) is 0 Å². The first kappa shape index (κ1) is 19.3. The minimum Gasteiger partial charge on any atom is -0.759 e. The summed E-state index contributed by atoms with van der Waals surface area (Å²) in [6, 6.07) is 0. The number of nitrogens with one attached hydrogen (secondary N) is 4. The Morgan fingerprint density at radius 2 is 1.00 bits per heavy atom. The fraction of sp³-hybridized carbons (Fsp3) is 0.500. The minimum absolute atomic E-state index is 1.13. The van der Waals surface area contributed by atoms with Crippen LogP contribution in [0.3, 0.4) is 0 Å². The Hall–Kier alpha value is -1.71. The van der Waals surface area contributed by atoms with Crippen LogP contribution in [0.2, 0.25) is 0 Å². The number of aryl methyl sites for hydroxylation is 6. The molecule has 2 heterocycles. The molecule has 0 unspecified atom stereocenters. The molecule has 8 nitrogen and oxygen atoms in total. The molecule has 2 rings (SSSR count). The third-order valence-corrected chi connectivity index (χ3v) is 2.62. The molecule has 0 fully saturated rings. The molecular formula is C12H22N4O4S. The Labute approximate surface area is 124 Å². The van der Waals surface area contributed by atoms with Gasteiger partial charge in [0.05, 0.1) is 0 Å². The van der Waals surface area contributed by atoms with Crippen molar-refractivity contribution in [1.29, 1.82) is 0 Å². The molecule has 0 saturated heterocycles. The molecule has 0 aromatic carbocycles. The molecule has 0 spiro atoms. The van der Waals surface area contributed by atoms with E-state index in [4.69, 9.17) is 17.5 Å². The van der Waals surface area contributed by atoms with Crippen LogP contribution in [0.4, 0.5) is 0 Å². The van der Waals surface area contributed by atoms with Crippen molar-refractivity contribution in [3.63, 3.8) is 0 Å². The summed E-state index contributed by atoms with van der Waals surface area (Å²) in [5, 5.41) is 0. The average molecular weight is 318 g/mol. The first-order valence-corrected chi connectivity index (χ1v) is 7.50. The lowest BCUT2D eigenvalue weighted by atomic mass is 10.4. The third kappa shape index (κ3) is 9.77. The topological polar surface area (TPSA) is 140 Å². The van der Waals surface area contributed by atoms with Crippen LogP contribution in [0.25, 0.3) is 0 Å². The van der Waals surface area contributed by atoms with Gasteiger partial charge in [-0.3, -0.25) is 8.42 Å². The number of aromatic amines is 4. The van der Waals surface area contributed by atoms with Crippen molar-refractivity contribution < 1.29 is 27.5 Å². The predicted octanol–water partition coefficient (Wildman–Crippen LogP) is 0.170. The first-order valence-electron chi connectivity index (χ1n) is 6.17. The lowest BCUT2D eigenvalue weighted by Gasteiger charge is -2.06. The van der Waals surface area contributed by atoms with E-state index in [0.29, 0.717) is 0 Å². The van der Waals surface area contributed by atoms with Gasteiger partial charge in [-0.05, 0) is 0 Å². The van der Waals surface area contributed by atoms with Crippen LogP contribution in [0.1, 0.15) is 34.4 Å². The van der Waals surface area contributed by atoms with E-state index in [1.54, 1.807) is 0 Å². The van der Waals surface area contributed by atoms with Crippen molar-refractivity contribution in [3.8, 4) is 0 Å². The summed E-state index contributed by atoms with van der Waals surface area (Å²) in [5.74, 6) is 2.25. The number of H-pyrrole nitrogens is 4. The van der Waals surface area contributed by atoms with E-state index < -0.39 is 10.4 Å². The first-order chi connectivity index (χ1) is 9.40. The van der Waals surface area contributed by atoms with Crippen LogP contribution in [0, 0.1) is 41.5 Å². The van der Waals surface area contributed by atoms with Gasteiger partial charge in [-0.25, -0.2) is 19.9 Å². The Balaban J connectivity index is 0.000000296. The van der Waals surface area contributed by atoms with E-state index in [1.807, 2.05) is 13.8 Å². The number of aromatic nitrogens is 4. The number of hydrogen-bond acceptors (Lipinski definition) is 4. The van der Waals surface area contributed by atoms with Crippen molar-refractivity contribution in [2.24, 2.45) is 0 Å². The van der Waals surface area contributed by atoms with Gasteiger partial charge >= 0.3 is 0 Å². The van der Waals surface area contributed by atoms with Crippen LogP contribution in [-0.2, 0) is 10.4 Å². The zero-order valence-electron chi connectivity index (χ0n) is 13.0. The Bertz CT molecular complexity index is 582. The minimum atomic E-state index is -5.17. The Kier molecular flexibility index (Phi) is 7.27. The second kappa shape index (κ2) is 7.91. The highest BCUT2D eigenvalue weighted by molar-refractivity contribution is 7.79. The van der Waals surface area contributed by atoms with Crippen molar-refractivity contribution >= 4 is 10.4 Å². The van der Waals surface area contributed by atoms with Crippen LogP contribution in [-0.4, -0.2) is 27.5 Å². The van der Waals surface area contributed by atoms with Gasteiger partial charge in [-0.1, -0.05) is 0 Å². The largest absolute Gasteiger partial charge is 0.759 e. The molecule has 21 heavy (non-hydrogen) atoms. The van der Waals surface area contributed by atoms with Gasteiger partial charge in [0.1, 0.15) is 22.8 Å². The van der Waals surface area contributed by atoms with Crippen molar-refractivity contribution in [2.45, 2.75) is 41.5 Å². The van der Waals surface area contributed by atoms with Crippen LogP contribution < -0.4 is 9.97 Å². The van der Waals surface area contributed by atoms with Gasteiger partial charge in [0.2, 0.25) is 11.6 Å².